The molecule has 3 nitrogen and oxygen atoms in total. The second-order valence-electron chi connectivity index (χ2n) is 2.65. The topological polar surface area (TPSA) is 32.5 Å². The Kier molecular flexibility index (Phi) is 3.95. The molecule has 0 aliphatic carbocycles. The number of nitrogens with zero attached hydrogens (tertiary/aromatic N) is 2. The van der Waals surface area contributed by atoms with Crippen LogP contribution >= 0.6 is 0 Å². The average Bonchev–Trinajstić information content (AvgIpc) is 1.83. The molecule has 0 aromatic heterocycles. The molecule has 0 rings (SSSR count). The highest BCUT2D eigenvalue weighted by molar-refractivity contribution is 4.71. The quantitative estimate of drug-likeness (QED) is 0.397. The van der Waals surface area contributed by atoms with E-state index in [1.54, 1.807) is 6.92 Å². The lowest BCUT2D eigenvalue weighted by molar-refractivity contribution is -0.218. The van der Waals surface area contributed by atoms with Gasteiger partial charge in [-0.05, 0) is 13.6 Å². The van der Waals surface area contributed by atoms with Crippen molar-refractivity contribution in [3.63, 3.8) is 0 Å². The fraction of sp³-hybridized carbons (Fsp3) is 1.00. The Labute approximate surface area is 69.9 Å². The van der Waals surface area contributed by atoms with Gasteiger partial charge >= 0.3 is 6.18 Å². The summed E-state index contributed by atoms with van der Waals surface area (Å²) in [6, 6.07) is 0. The van der Waals surface area contributed by atoms with Gasteiger partial charge in [-0.1, -0.05) is 6.92 Å². The summed E-state index contributed by atoms with van der Waals surface area (Å²) in [6.07, 6.45) is -6.02. The lowest BCUT2D eigenvalue weighted by Crippen LogP contribution is -2.56. The summed E-state index contributed by atoms with van der Waals surface area (Å²) in [6.45, 7) is 1.94. The maximum Gasteiger partial charge on any atom is 0.418 e. The number of hydrogen-bond acceptors (Lipinski definition) is 3. The lowest BCUT2D eigenvalue weighted by Gasteiger charge is -2.33. The standard InChI is InChI=1S/C6H14F3N3/c1-4-11(2)5(12(3)10)6(7,8)9/h5H,4,10H2,1-3H3. The number of alkyl halides is 3. The van der Waals surface area contributed by atoms with Gasteiger partial charge in [0.15, 0.2) is 6.17 Å². The smallest absolute Gasteiger partial charge is 0.283 e. The van der Waals surface area contributed by atoms with E-state index in [2.05, 4.69) is 0 Å². The summed E-state index contributed by atoms with van der Waals surface area (Å²) in [7, 11) is 2.58. The summed E-state index contributed by atoms with van der Waals surface area (Å²) in [4.78, 5) is 1.12. The van der Waals surface area contributed by atoms with Gasteiger partial charge in [-0.2, -0.15) is 13.2 Å². The van der Waals surface area contributed by atoms with E-state index in [0.717, 1.165) is 4.90 Å². The molecule has 0 saturated heterocycles. The van der Waals surface area contributed by atoms with Crippen molar-refractivity contribution in [2.75, 3.05) is 20.6 Å². The predicted octanol–water partition coefficient (Wildman–Crippen LogP) is 0.632. The molecule has 1 unspecified atom stereocenters. The molecule has 2 N–H and O–H groups in total. The fourth-order valence-electron chi connectivity index (χ4n) is 0.965. The number of hydrogen-bond donors (Lipinski definition) is 1. The second kappa shape index (κ2) is 4.06. The van der Waals surface area contributed by atoms with Crippen LogP contribution in [-0.2, 0) is 0 Å². The zero-order valence-electron chi connectivity index (χ0n) is 7.39. The Hall–Kier alpha value is -0.330. The molecule has 0 aromatic rings. The van der Waals surface area contributed by atoms with Crippen LogP contribution in [0.4, 0.5) is 13.2 Å². The van der Waals surface area contributed by atoms with E-state index in [4.69, 9.17) is 5.84 Å². The minimum absolute atomic E-state index is 0.297. The van der Waals surface area contributed by atoms with Crippen LogP contribution in [0.2, 0.25) is 0 Å². The molecule has 0 aliphatic heterocycles. The van der Waals surface area contributed by atoms with Crippen molar-refractivity contribution >= 4 is 0 Å². The van der Waals surface area contributed by atoms with Gasteiger partial charge in [-0.25, -0.2) is 5.01 Å². The molecular formula is C6H14F3N3. The Morgan fingerprint density at radius 1 is 1.33 bits per heavy atom. The normalized spacial score (nSPS) is 15.8. The molecule has 12 heavy (non-hydrogen) atoms. The molecule has 0 aromatic carbocycles. The zero-order chi connectivity index (χ0) is 9.94. The highest BCUT2D eigenvalue weighted by atomic mass is 19.4. The molecule has 74 valence electrons. The molecule has 6 heteroatoms. The first-order chi connectivity index (χ1) is 5.30. The number of nitrogens with two attached hydrogens (primary N) is 1. The highest BCUT2D eigenvalue weighted by Crippen LogP contribution is 2.24. The highest BCUT2D eigenvalue weighted by Gasteiger charge is 2.43. The van der Waals surface area contributed by atoms with Gasteiger partial charge < -0.3 is 0 Å². The van der Waals surface area contributed by atoms with Gasteiger partial charge in [0, 0.05) is 7.05 Å². The van der Waals surface area contributed by atoms with Crippen LogP contribution < -0.4 is 5.84 Å². The largest absolute Gasteiger partial charge is 0.418 e. The van der Waals surface area contributed by atoms with E-state index in [1.165, 1.54) is 14.1 Å². The molecule has 0 fully saturated rings. The van der Waals surface area contributed by atoms with Gasteiger partial charge in [0.05, 0.1) is 0 Å². The van der Waals surface area contributed by atoms with Gasteiger partial charge in [0.1, 0.15) is 0 Å². The summed E-state index contributed by atoms with van der Waals surface area (Å²) in [5, 5.41) is 0.656. The van der Waals surface area contributed by atoms with Crippen LogP contribution in [0, 0.1) is 0 Å². The molecule has 0 radical (unpaired) electrons. The number of halogens is 3. The molecular weight excluding hydrogens is 171 g/mol. The SMILES string of the molecule is CCN(C)C(N(C)N)C(F)(F)F. The van der Waals surface area contributed by atoms with Gasteiger partial charge in [0.25, 0.3) is 0 Å². The van der Waals surface area contributed by atoms with Crippen molar-refractivity contribution in [1.29, 1.82) is 0 Å². The van der Waals surface area contributed by atoms with Crippen molar-refractivity contribution in [3.8, 4) is 0 Å². The first kappa shape index (κ1) is 11.7. The van der Waals surface area contributed by atoms with Crippen molar-refractivity contribution in [2.24, 2.45) is 5.84 Å². The Bertz CT molecular complexity index is 134. The lowest BCUT2D eigenvalue weighted by atomic mass is 10.4. The van der Waals surface area contributed by atoms with E-state index in [9.17, 15) is 13.2 Å². The molecule has 0 saturated carbocycles. The maximum atomic E-state index is 12.2. The summed E-state index contributed by atoms with van der Waals surface area (Å²) in [5.74, 6) is 5.07. The Balaban J connectivity index is 4.44. The van der Waals surface area contributed by atoms with Gasteiger partial charge in [0.2, 0.25) is 0 Å². The van der Waals surface area contributed by atoms with Crippen molar-refractivity contribution < 1.29 is 13.2 Å². The fourth-order valence-corrected chi connectivity index (χ4v) is 0.965. The zero-order valence-corrected chi connectivity index (χ0v) is 7.39. The first-order valence-corrected chi connectivity index (χ1v) is 3.55. The third-order valence-electron chi connectivity index (χ3n) is 1.59. The Morgan fingerprint density at radius 2 is 1.75 bits per heavy atom. The maximum absolute atomic E-state index is 12.2. The van der Waals surface area contributed by atoms with Crippen molar-refractivity contribution in [2.45, 2.75) is 19.3 Å². The van der Waals surface area contributed by atoms with Crippen molar-refractivity contribution in [3.05, 3.63) is 0 Å². The van der Waals surface area contributed by atoms with E-state index >= 15 is 0 Å². The summed E-state index contributed by atoms with van der Waals surface area (Å²) < 4.78 is 36.7. The molecule has 0 amide bonds. The molecule has 0 bridgehead atoms. The number of hydrazine groups is 1. The van der Waals surface area contributed by atoms with E-state index < -0.39 is 12.3 Å². The van der Waals surface area contributed by atoms with E-state index in [-0.39, 0.29) is 0 Å². The summed E-state index contributed by atoms with van der Waals surface area (Å²) in [5.41, 5.74) is 0. The van der Waals surface area contributed by atoms with Crippen molar-refractivity contribution in [1.82, 2.24) is 9.91 Å². The second-order valence-corrected chi connectivity index (χ2v) is 2.65. The summed E-state index contributed by atoms with van der Waals surface area (Å²) >= 11 is 0. The minimum atomic E-state index is -4.31. The third kappa shape index (κ3) is 2.96. The van der Waals surface area contributed by atoms with Crippen LogP contribution in [0.5, 0.6) is 0 Å². The molecule has 0 aliphatic rings. The average molecular weight is 185 g/mol. The molecule has 0 spiro atoms. The van der Waals surface area contributed by atoms with Crippen LogP contribution in [0.3, 0.4) is 0 Å². The predicted molar refractivity (Wildman–Crippen MR) is 40.1 cm³/mol. The van der Waals surface area contributed by atoms with Crippen LogP contribution in [-0.4, -0.2) is 42.9 Å². The van der Waals surface area contributed by atoms with Gasteiger partial charge in [-0.15, -0.1) is 0 Å². The monoisotopic (exact) mass is 185 g/mol. The van der Waals surface area contributed by atoms with Crippen LogP contribution in [0.1, 0.15) is 6.92 Å². The molecule has 1 atom stereocenters. The third-order valence-corrected chi connectivity index (χ3v) is 1.59. The minimum Gasteiger partial charge on any atom is -0.283 e. The van der Waals surface area contributed by atoms with Crippen LogP contribution in [0.15, 0.2) is 0 Å². The van der Waals surface area contributed by atoms with Gasteiger partial charge in [-0.3, -0.25) is 10.7 Å². The van der Waals surface area contributed by atoms with Crippen LogP contribution in [0.25, 0.3) is 0 Å². The van der Waals surface area contributed by atoms with E-state index in [1.807, 2.05) is 0 Å². The molecule has 0 heterocycles. The first-order valence-electron chi connectivity index (χ1n) is 3.55. The Morgan fingerprint density at radius 3 is 1.83 bits per heavy atom. The number of rotatable bonds is 3. The van der Waals surface area contributed by atoms with E-state index in [0.29, 0.717) is 11.6 Å².